The van der Waals surface area contributed by atoms with E-state index >= 15 is 0 Å². The smallest absolute Gasteiger partial charge is 0.388 e. The fourth-order valence-corrected chi connectivity index (χ4v) is 1.55. The molecular formula is C16H21F4NO. The van der Waals surface area contributed by atoms with Gasteiger partial charge in [0, 0.05) is 17.8 Å². The van der Waals surface area contributed by atoms with Crippen molar-refractivity contribution in [1.29, 1.82) is 0 Å². The molecular weight excluding hydrogens is 298 g/mol. The zero-order chi connectivity index (χ0) is 17.5. The fraction of sp³-hybridized carbons (Fsp3) is 0.438. The Hall–Kier alpha value is -1.85. The standard InChI is InChI=1S/C14H15F4NO.C2H6/c1-8(2)19-7-11(9(3)20)10-4-5-12(13(15)6-10)14(16,17)18;1-2/h4-8,19H,1-3H3;1-2H3/b11-7+;. The Labute approximate surface area is 128 Å². The van der Waals surface area contributed by atoms with Crippen LogP contribution in [0.3, 0.4) is 0 Å². The average Bonchev–Trinajstić information content (AvgIpc) is 2.39. The zero-order valence-electron chi connectivity index (χ0n) is 13.3. The minimum atomic E-state index is -4.75. The summed E-state index contributed by atoms with van der Waals surface area (Å²) in [7, 11) is 0. The fourth-order valence-electron chi connectivity index (χ4n) is 1.55. The van der Waals surface area contributed by atoms with Crippen LogP contribution in [0.2, 0.25) is 0 Å². The lowest BCUT2D eigenvalue weighted by atomic mass is 10.0. The second-order valence-corrected chi connectivity index (χ2v) is 4.63. The molecule has 1 rings (SSSR count). The predicted octanol–water partition coefficient (Wildman–Crippen LogP) is 4.80. The third-order valence-electron chi connectivity index (χ3n) is 2.53. The number of halogens is 4. The summed E-state index contributed by atoms with van der Waals surface area (Å²) >= 11 is 0. The maximum atomic E-state index is 13.5. The molecule has 2 nitrogen and oxygen atoms in total. The van der Waals surface area contributed by atoms with Gasteiger partial charge in [0.2, 0.25) is 0 Å². The van der Waals surface area contributed by atoms with E-state index in [4.69, 9.17) is 0 Å². The number of Topliss-reactive ketones (excluding diaryl/α,β-unsaturated/α-hetero) is 1. The van der Waals surface area contributed by atoms with Crippen LogP contribution in [0.5, 0.6) is 0 Å². The summed E-state index contributed by atoms with van der Waals surface area (Å²) in [4.78, 5) is 11.5. The summed E-state index contributed by atoms with van der Waals surface area (Å²) < 4.78 is 50.9. The van der Waals surface area contributed by atoms with Gasteiger partial charge in [0.15, 0.2) is 5.78 Å². The summed E-state index contributed by atoms with van der Waals surface area (Å²) in [5, 5.41) is 2.86. The Balaban J connectivity index is 0.00000211. The number of ketones is 1. The highest BCUT2D eigenvalue weighted by Crippen LogP contribution is 2.32. The van der Waals surface area contributed by atoms with Gasteiger partial charge in [-0.3, -0.25) is 4.79 Å². The number of allylic oxidation sites excluding steroid dienone is 1. The average molecular weight is 319 g/mol. The van der Waals surface area contributed by atoms with E-state index in [0.29, 0.717) is 6.07 Å². The zero-order valence-corrected chi connectivity index (χ0v) is 13.3. The quantitative estimate of drug-likeness (QED) is 0.638. The molecule has 0 heterocycles. The van der Waals surface area contributed by atoms with Gasteiger partial charge in [-0.25, -0.2) is 4.39 Å². The summed E-state index contributed by atoms with van der Waals surface area (Å²) in [6.45, 7) is 8.94. The van der Waals surface area contributed by atoms with E-state index in [2.05, 4.69) is 5.32 Å². The second kappa shape index (κ2) is 8.56. The summed E-state index contributed by atoms with van der Waals surface area (Å²) in [6.07, 6.45) is -3.37. The monoisotopic (exact) mass is 319 g/mol. The van der Waals surface area contributed by atoms with Gasteiger partial charge < -0.3 is 5.32 Å². The first-order valence-corrected chi connectivity index (χ1v) is 6.97. The molecule has 0 saturated heterocycles. The van der Waals surface area contributed by atoms with Crippen LogP contribution in [0.4, 0.5) is 17.6 Å². The first kappa shape index (κ1) is 20.1. The molecule has 0 fully saturated rings. The van der Waals surface area contributed by atoms with Gasteiger partial charge >= 0.3 is 6.18 Å². The van der Waals surface area contributed by atoms with Crippen LogP contribution in [-0.2, 0) is 11.0 Å². The van der Waals surface area contributed by atoms with Crippen LogP contribution in [0.15, 0.2) is 24.4 Å². The molecule has 0 unspecified atom stereocenters. The van der Waals surface area contributed by atoms with Gasteiger partial charge in [0.05, 0.1) is 5.56 Å². The van der Waals surface area contributed by atoms with E-state index in [0.717, 1.165) is 12.1 Å². The molecule has 0 radical (unpaired) electrons. The van der Waals surface area contributed by atoms with Crippen LogP contribution in [0, 0.1) is 5.82 Å². The highest BCUT2D eigenvalue weighted by molar-refractivity contribution is 6.19. The molecule has 124 valence electrons. The third kappa shape index (κ3) is 5.87. The number of rotatable bonds is 4. The van der Waals surface area contributed by atoms with E-state index < -0.39 is 17.6 Å². The number of hydrogen-bond donors (Lipinski definition) is 1. The van der Waals surface area contributed by atoms with Crippen molar-refractivity contribution in [2.45, 2.75) is 46.8 Å². The molecule has 1 aromatic carbocycles. The third-order valence-corrected chi connectivity index (χ3v) is 2.53. The molecule has 0 aromatic heterocycles. The minimum Gasteiger partial charge on any atom is -0.388 e. The maximum absolute atomic E-state index is 13.5. The Bertz CT molecular complexity index is 533. The van der Waals surface area contributed by atoms with Crippen molar-refractivity contribution in [2.75, 3.05) is 0 Å². The van der Waals surface area contributed by atoms with Crippen molar-refractivity contribution in [3.8, 4) is 0 Å². The normalized spacial score (nSPS) is 11.8. The summed E-state index contributed by atoms with van der Waals surface area (Å²) in [6, 6.07) is 2.49. The molecule has 6 heteroatoms. The number of carbonyl (C=O) groups is 1. The minimum absolute atomic E-state index is 0.0450. The van der Waals surface area contributed by atoms with E-state index in [1.54, 1.807) is 0 Å². The van der Waals surface area contributed by atoms with Crippen LogP contribution in [0.1, 0.15) is 45.7 Å². The molecule has 0 aliphatic rings. The second-order valence-electron chi connectivity index (χ2n) is 4.63. The number of alkyl halides is 3. The lowest BCUT2D eigenvalue weighted by Gasteiger charge is -2.11. The van der Waals surface area contributed by atoms with E-state index in [1.807, 2.05) is 27.7 Å². The predicted molar refractivity (Wildman–Crippen MR) is 79.7 cm³/mol. The lowest BCUT2D eigenvalue weighted by molar-refractivity contribution is -0.140. The highest BCUT2D eigenvalue weighted by atomic mass is 19.4. The summed E-state index contributed by atoms with van der Waals surface area (Å²) in [5.41, 5.74) is -1.11. The molecule has 1 aromatic rings. The van der Waals surface area contributed by atoms with Gasteiger partial charge in [0.25, 0.3) is 0 Å². The van der Waals surface area contributed by atoms with Crippen molar-refractivity contribution in [3.63, 3.8) is 0 Å². The summed E-state index contributed by atoms with van der Waals surface area (Å²) in [5.74, 6) is -1.76. The van der Waals surface area contributed by atoms with Gasteiger partial charge in [-0.2, -0.15) is 13.2 Å². The van der Waals surface area contributed by atoms with E-state index in [-0.39, 0.29) is 23.0 Å². The van der Waals surface area contributed by atoms with E-state index in [1.165, 1.54) is 13.1 Å². The van der Waals surface area contributed by atoms with Gasteiger partial charge in [-0.15, -0.1) is 0 Å². The molecule has 0 bridgehead atoms. The van der Waals surface area contributed by atoms with Gasteiger partial charge in [-0.1, -0.05) is 19.9 Å². The number of carbonyl (C=O) groups excluding carboxylic acids is 1. The largest absolute Gasteiger partial charge is 0.419 e. The van der Waals surface area contributed by atoms with Crippen LogP contribution < -0.4 is 5.32 Å². The molecule has 0 spiro atoms. The maximum Gasteiger partial charge on any atom is 0.419 e. The highest BCUT2D eigenvalue weighted by Gasteiger charge is 2.34. The number of nitrogens with one attached hydrogen (secondary N) is 1. The topological polar surface area (TPSA) is 29.1 Å². The molecule has 0 aliphatic heterocycles. The van der Waals surface area contributed by atoms with Crippen LogP contribution >= 0.6 is 0 Å². The van der Waals surface area contributed by atoms with Crippen LogP contribution in [0.25, 0.3) is 5.57 Å². The Kier molecular flexibility index (Phi) is 7.84. The first-order chi connectivity index (χ1) is 10.1. The van der Waals surface area contributed by atoms with Gasteiger partial charge in [0.1, 0.15) is 5.82 Å². The van der Waals surface area contributed by atoms with Crippen molar-refractivity contribution in [1.82, 2.24) is 5.32 Å². The lowest BCUT2D eigenvalue weighted by Crippen LogP contribution is -2.17. The number of hydrogen-bond acceptors (Lipinski definition) is 2. The molecule has 0 aliphatic carbocycles. The molecule has 22 heavy (non-hydrogen) atoms. The van der Waals surface area contributed by atoms with Gasteiger partial charge in [-0.05, 0) is 38.5 Å². The Morgan fingerprint density at radius 3 is 2.14 bits per heavy atom. The molecule has 0 amide bonds. The SMILES string of the molecule is CC.CC(=O)/C(=C\NC(C)C)c1ccc(C(F)(F)F)c(F)c1. The van der Waals surface area contributed by atoms with Crippen molar-refractivity contribution in [2.24, 2.45) is 0 Å². The molecule has 0 saturated carbocycles. The van der Waals surface area contributed by atoms with E-state index in [9.17, 15) is 22.4 Å². The molecule has 1 N–H and O–H groups in total. The Morgan fingerprint density at radius 2 is 1.77 bits per heavy atom. The van der Waals surface area contributed by atoms with Crippen LogP contribution in [-0.4, -0.2) is 11.8 Å². The first-order valence-electron chi connectivity index (χ1n) is 6.97. The van der Waals surface area contributed by atoms with Crippen molar-refractivity contribution < 1.29 is 22.4 Å². The van der Waals surface area contributed by atoms with Crippen molar-refractivity contribution >= 4 is 11.4 Å². The Morgan fingerprint density at radius 1 is 1.23 bits per heavy atom. The number of benzene rings is 1. The molecule has 0 atom stereocenters. The van der Waals surface area contributed by atoms with Crippen molar-refractivity contribution in [3.05, 3.63) is 41.3 Å².